The lowest BCUT2D eigenvalue weighted by Crippen LogP contribution is -2.28. The third-order valence-electron chi connectivity index (χ3n) is 4.76. The molecule has 0 bridgehead atoms. The fourth-order valence-corrected chi connectivity index (χ4v) is 3.01. The molecular weight excluding hydrogens is 433 g/mol. The Labute approximate surface area is 190 Å². The number of fused-ring (bicyclic) bond motifs is 1. The largest absolute Gasteiger partial charge is 0.573 e. The number of carbonyl (C=O) groups is 1. The molecule has 0 aliphatic rings. The number of carbonyl (C=O) groups excluding carboxylic acids is 1. The lowest BCUT2D eigenvalue weighted by Gasteiger charge is -2.20. The van der Waals surface area contributed by atoms with Crippen molar-refractivity contribution in [3.63, 3.8) is 0 Å². The van der Waals surface area contributed by atoms with E-state index in [0.717, 1.165) is 29.8 Å². The van der Waals surface area contributed by atoms with Crippen LogP contribution in [0, 0.1) is 0 Å². The zero-order valence-corrected chi connectivity index (χ0v) is 18.6. The van der Waals surface area contributed by atoms with Gasteiger partial charge in [-0.15, -0.1) is 13.2 Å². The molecule has 174 valence electrons. The summed E-state index contributed by atoms with van der Waals surface area (Å²) in [6.07, 6.45) is -1.92. The van der Waals surface area contributed by atoms with Gasteiger partial charge in [-0.3, -0.25) is 4.79 Å². The molecule has 33 heavy (non-hydrogen) atoms. The van der Waals surface area contributed by atoms with Crippen LogP contribution in [0.4, 0.5) is 24.7 Å². The molecule has 1 aromatic heterocycles. The van der Waals surface area contributed by atoms with Crippen LogP contribution in [-0.4, -0.2) is 56.4 Å². The maximum absolute atomic E-state index is 12.2. The zero-order valence-electron chi connectivity index (χ0n) is 18.6. The molecule has 9 heteroatoms. The Morgan fingerprint density at radius 3 is 2.42 bits per heavy atom. The summed E-state index contributed by atoms with van der Waals surface area (Å²) in [5.74, 6) is 0.189. The van der Waals surface area contributed by atoms with E-state index in [1.54, 1.807) is 6.07 Å². The minimum absolute atomic E-state index is 0.319. The van der Waals surface area contributed by atoms with Gasteiger partial charge < -0.3 is 19.9 Å². The minimum Gasteiger partial charge on any atom is -0.406 e. The van der Waals surface area contributed by atoms with Crippen molar-refractivity contribution in [2.75, 3.05) is 44.4 Å². The number of alkyl halides is 3. The predicted octanol–water partition coefficient (Wildman–Crippen LogP) is 4.78. The molecule has 0 unspecified atom stereocenters. The molecule has 1 heterocycles. The highest BCUT2D eigenvalue weighted by Crippen LogP contribution is 2.23. The van der Waals surface area contributed by atoms with Crippen molar-refractivity contribution >= 4 is 34.4 Å². The summed E-state index contributed by atoms with van der Waals surface area (Å²) in [5.41, 5.74) is 1.99. The van der Waals surface area contributed by atoms with Crippen LogP contribution in [-0.2, 0) is 4.79 Å². The molecule has 6 nitrogen and oxygen atoms in total. The van der Waals surface area contributed by atoms with Gasteiger partial charge in [0.15, 0.2) is 0 Å². The lowest BCUT2D eigenvalue weighted by atomic mass is 10.2. The summed E-state index contributed by atoms with van der Waals surface area (Å²) in [6, 6.07) is 14.6. The van der Waals surface area contributed by atoms with Crippen LogP contribution in [0.25, 0.3) is 17.0 Å². The van der Waals surface area contributed by atoms with Crippen molar-refractivity contribution in [3.05, 3.63) is 66.2 Å². The first-order chi connectivity index (χ1) is 15.6. The molecule has 1 N–H and O–H groups in total. The van der Waals surface area contributed by atoms with E-state index < -0.39 is 6.36 Å². The molecule has 2 aromatic carbocycles. The van der Waals surface area contributed by atoms with Gasteiger partial charge in [0.05, 0.1) is 5.52 Å². The molecule has 0 aliphatic carbocycles. The van der Waals surface area contributed by atoms with E-state index in [1.807, 2.05) is 45.4 Å². The van der Waals surface area contributed by atoms with Crippen LogP contribution >= 0.6 is 0 Å². The zero-order chi connectivity index (χ0) is 24.0. The quantitative estimate of drug-likeness (QED) is 0.492. The molecule has 0 atom stereocenters. The maximum atomic E-state index is 12.2. The Balaban J connectivity index is 1.61. The second kappa shape index (κ2) is 10.4. The molecule has 0 saturated carbocycles. The second-order valence-electron chi connectivity index (χ2n) is 7.74. The number of anilines is 2. The van der Waals surface area contributed by atoms with Gasteiger partial charge in [-0.05, 0) is 68.2 Å². The van der Waals surface area contributed by atoms with Crippen molar-refractivity contribution in [1.29, 1.82) is 0 Å². The van der Waals surface area contributed by atoms with Crippen LogP contribution in [0.2, 0.25) is 0 Å². The number of hydrogen-bond acceptors (Lipinski definition) is 5. The van der Waals surface area contributed by atoms with E-state index in [-0.39, 0.29) is 11.7 Å². The number of ether oxygens (including phenoxy) is 1. The number of rotatable bonds is 8. The molecule has 0 saturated heterocycles. The number of hydrogen-bond donors (Lipinski definition) is 1. The molecule has 3 aromatic rings. The fourth-order valence-electron chi connectivity index (χ4n) is 3.01. The number of likely N-dealkylation sites (N-methyl/N-ethyl adjacent to an activating group) is 2. The highest BCUT2D eigenvalue weighted by Gasteiger charge is 2.30. The fraction of sp³-hybridized carbons (Fsp3) is 0.250. The van der Waals surface area contributed by atoms with Crippen molar-refractivity contribution in [3.8, 4) is 5.75 Å². The van der Waals surface area contributed by atoms with Gasteiger partial charge in [0.25, 0.3) is 0 Å². The van der Waals surface area contributed by atoms with E-state index in [9.17, 15) is 18.0 Å². The summed E-state index contributed by atoms with van der Waals surface area (Å²) in [4.78, 5) is 21.1. The summed E-state index contributed by atoms with van der Waals surface area (Å²) in [7, 11) is 6.04. The second-order valence-corrected chi connectivity index (χ2v) is 7.74. The summed E-state index contributed by atoms with van der Waals surface area (Å²) < 4.78 is 40.5. The first-order valence-electron chi connectivity index (χ1n) is 10.2. The Bertz CT molecular complexity index is 1130. The van der Waals surface area contributed by atoms with Gasteiger partial charge in [-0.1, -0.05) is 12.1 Å². The first-order valence-corrected chi connectivity index (χ1v) is 10.2. The van der Waals surface area contributed by atoms with E-state index in [1.165, 1.54) is 36.4 Å². The molecule has 0 spiro atoms. The standard InChI is InChI=1S/C24H25F3N4O2/c1-30(2)14-15-31(3)22-12-7-18-16-19(8-11-21(18)29-22)28-23(32)13-6-17-4-9-20(10-5-17)33-24(25,26)27/h4-13,16H,14-15H2,1-3H3,(H,28,32). The summed E-state index contributed by atoms with van der Waals surface area (Å²) >= 11 is 0. The molecule has 0 radical (unpaired) electrons. The van der Waals surface area contributed by atoms with Crippen LogP contribution < -0.4 is 15.0 Å². The van der Waals surface area contributed by atoms with E-state index in [0.29, 0.717) is 11.3 Å². The van der Waals surface area contributed by atoms with Crippen molar-refractivity contribution < 1.29 is 22.7 Å². The number of aromatic nitrogens is 1. The Kier molecular flexibility index (Phi) is 7.55. The SMILES string of the molecule is CN(C)CCN(C)c1ccc2cc(NC(=O)C=Cc3ccc(OC(F)(F)F)cc3)ccc2n1. The topological polar surface area (TPSA) is 57.7 Å². The number of benzene rings is 2. The minimum atomic E-state index is -4.74. The van der Waals surface area contributed by atoms with Crippen LogP contribution in [0.1, 0.15) is 5.56 Å². The van der Waals surface area contributed by atoms with E-state index in [4.69, 9.17) is 0 Å². The number of amides is 1. The van der Waals surface area contributed by atoms with Crippen molar-refractivity contribution in [1.82, 2.24) is 9.88 Å². The Hall–Kier alpha value is -3.59. The highest BCUT2D eigenvalue weighted by molar-refractivity contribution is 6.03. The number of halogens is 3. The maximum Gasteiger partial charge on any atom is 0.573 e. The summed E-state index contributed by atoms with van der Waals surface area (Å²) in [5, 5.41) is 3.66. The van der Waals surface area contributed by atoms with Gasteiger partial charge in [-0.2, -0.15) is 0 Å². The lowest BCUT2D eigenvalue weighted by molar-refractivity contribution is -0.274. The average molecular weight is 458 g/mol. The van der Waals surface area contributed by atoms with Gasteiger partial charge in [0, 0.05) is 37.3 Å². The first kappa shape index (κ1) is 24.1. The van der Waals surface area contributed by atoms with Crippen molar-refractivity contribution in [2.45, 2.75) is 6.36 Å². The molecule has 0 fully saturated rings. The monoisotopic (exact) mass is 458 g/mol. The normalized spacial score (nSPS) is 11.8. The smallest absolute Gasteiger partial charge is 0.406 e. The van der Waals surface area contributed by atoms with E-state index in [2.05, 4.69) is 24.8 Å². The van der Waals surface area contributed by atoms with Gasteiger partial charge in [0.1, 0.15) is 11.6 Å². The van der Waals surface area contributed by atoms with E-state index >= 15 is 0 Å². The Morgan fingerprint density at radius 2 is 1.76 bits per heavy atom. The molecule has 3 rings (SSSR count). The highest BCUT2D eigenvalue weighted by atomic mass is 19.4. The molecular formula is C24H25F3N4O2. The molecule has 0 aliphatic heterocycles. The number of pyridine rings is 1. The van der Waals surface area contributed by atoms with Crippen LogP contribution in [0.15, 0.2) is 60.7 Å². The Morgan fingerprint density at radius 1 is 1.03 bits per heavy atom. The van der Waals surface area contributed by atoms with Crippen molar-refractivity contribution in [2.24, 2.45) is 0 Å². The van der Waals surface area contributed by atoms with Crippen LogP contribution in [0.3, 0.4) is 0 Å². The van der Waals surface area contributed by atoms with Crippen LogP contribution in [0.5, 0.6) is 5.75 Å². The average Bonchev–Trinajstić information content (AvgIpc) is 2.75. The van der Waals surface area contributed by atoms with Gasteiger partial charge in [-0.25, -0.2) is 4.98 Å². The molecule has 1 amide bonds. The third kappa shape index (κ3) is 7.50. The summed E-state index contributed by atoms with van der Waals surface area (Å²) in [6.45, 7) is 1.77. The van der Waals surface area contributed by atoms with Gasteiger partial charge >= 0.3 is 6.36 Å². The number of nitrogens with one attached hydrogen (secondary N) is 1. The third-order valence-corrected chi connectivity index (χ3v) is 4.76. The predicted molar refractivity (Wildman–Crippen MR) is 124 cm³/mol. The number of nitrogens with zero attached hydrogens (tertiary/aromatic N) is 3. The van der Waals surface area contributed by atoms with Gasteiger partial charge in [0.2, 0.25) is 5.91 Å².